The molecule has 0 spiro atoms. The van der Waals surface area contributed by atoms with Crippen molar-refractivity contribution in [3.05, 3.63) is 28.2 Å². The Hall–Kier alpha value is -0.560. The predicted octanol–water partition coefficient (Wildman–Crippen LogP) is 1.83. The van der Waals surface area contributed by atoms with Crippen molar-refractivity contribution in [2.75, 3.05) is 5.75 Å². The highest BCUT2D eigenvalue weighted by atomic mass is 79.9. The number of aromatic hydroxyl groups is 1. The van der Waals surface area contributed by atoms with E-state index < -0.39 is 12.2 Å². The first-order chi connectivity index (χ1) is 7.91. The molecule has 0 radical (unpaired) electrons. The maximum atomic E-state index is 10.7. The SMILES string of the molecule is CC(=O)SCC(O)C(O)c1ccc(O)c(Br)c1. The normalized spacial score (nSPS) is 14.4. The number of benzene rings is 1. The van der Waals surface area contributed by atoms with Gasteiger partial charge in [0.25, 0.3) is 0 Å². The molecule has 0 bridgehead atoms. The highest BCUT2D eigenvalue weighted by molar-refractivity contribution is 9.10. The lowest BCUT2D eigenvalue weighted by atomic mass is 10.1. The van der Waals surface area contributed by atoms with Crippen molar-refractivity contribution in [1.82, 2.24) is 0 Å². The fraction of sp³-hybridized carbons (Fsp3) is 0.364. The van der Waals surface area contributed by atoms with Gasteiger partial charge in [-0.1, -0.05) is 17.8 Å². The first kappa shape index (κ1) is 14.5. The number of aliphatic hydroxyl groups excluding tert-OH is 2. The third kappa shape index (κ3) is 4.31. The summed E-state index contributed by atoms with van der Waals surface area (Å²) in [6.45, 7) is 1.40. The Balaban J connectivity index is 2.70. The number of carbonyl (C=O) groups is 1. The van der Waals surface area contributed by atoms with Crippen molar-refractivity contribution in [2.24, 2.45) is 0 Å². The van der Waals surface area contributed by atoms with Gasteiger partial charge in [-0.2, -0.15) is 0 Å². The van der Waals surface area contributed by atoms with Gasteiger partial charge < -0.3 is 15.3 Å². The molecule has 0 saturated heterocycles. The molecule has 1 aromatic carbocycles. The molecule has 0 aliphatic carbocycles. The van der Waals surface area contributed by atoms with Crippen molar-refractivity contribution in [1.29, 1.82) is 0 Å². The van der Waals surface area contributed by atoms with E-state index >= 15 is 0 Å². The highest BCUT2D eigenvalue weighted by Crippen LogP contribution is 2.28. The van der Waals surface area contributed by atoms with Crippen LogP contribution in [0, 0.1) is 0 Å². The first-order valence-electron chi connectivity index (χ1n) is 4.89. The Labute approximate surface area is 112 Å². The van der Waals surface area contributed by atoms with E-state index in [0.29, 0.717) is 10.0 Å². The Morgan fingerprint density at radius 2 is 2.12 bits per heavy atom. The Bertz CT molecular complexity index is 410. The highest BCUT2D eigenvalue weighted by Gasteiger charge is 2.19. The zero-order valence-corrected chi connectivity index (χ0v) is 11.5. The molecule has 0 fully saturated rings. The molecule has 0 heterocycles. The lowest BCUT2D eigenvalue weighted by Gasteiger charge is -2.17. The molecule has 6 heteroatoms. The summed E-state index contributed by atoms with van der Waals surface area (Å²) >= 11 is 4.08. The number of aliphatic hydroxyl groups is 2. The first-order valence-corrected chi connectivity index (χ1v) is 6.67. The zero-order valence-electron chi connectivity index (χ0n) is 9.13. The molecule has 94 valence electrons. The molecule has 2 unspecified atom stereocenters. The van der Waals surface area contributed by atoms with Gasteiger partial charge in [0.05, 0.1) is 10.6 Å². The summed E-state index contributed by atoms with van der Waals surface area (Å²) in [6, 6.07) is 4.47. The van der Waals surface area contributed by atoms with Crippen LogP contribution in [0.2, 0.25) is 0 Å². The molecule has 1 rings (SSSR count). The van der Waals surface area contributed by atoms with Gasteiger partial charge >= 0.3 is 0 Å². The van der Waals surface area contributed by atoms with Gasteiger partial charge in [-0.3, -0.25) is 4.79 Å². The van der Waals surface area contributed by atoms with Crippen LogP contribution in [0.4, 0.5) is 0 Å². The number of phenols is 1. The lowest BCUT2D eigenvalue weighted by molar-refractivity contribution is -0.109. The third-order valence-electron chi connectivity index (χ3n) is 2.14. The van der Waals surface area contributed by atoms with Crippen LogP contribution >= 0.6 is 27.7 Å². The minimum Gasteiger partial charge on any atom is -0.507 e. The predicted molar refractivity (Wildman–Crippen MR) is 69.9 cm³/mol. The fourth-order valence-corrected chi connectivity index (χ4v) is 2.21. The van der Waals surface area contributed by atoms with Crippen molar-refractivity contribution >= 4 is 32.8 Å². The van der Waals surface area contributed by atoms with Gasteiger partial charge in [-0.05, 0) is 33.6 Å². The number of phenolic OH excluding ortho intramolecular Hbond substituents is 1. The van der Waals surface area contributed by atoms with Crippen LogP contribution < -0.4 is 0 Å². The van der Waals surface area contributed by atoms with Crippen molar-refractivity contribution in [2.45, 2.75) is 19.1 Å². The molecular formula is C11H13BrO4S. The maximum absolute atomic E-state index is 10.7. The van der Waals surface area contributed by atoms with Crippen LogP contribution in [0.5, 0.6) is 5.75 Å². The quantitative estimate of drug-likeness (QED) is 0.789. The summed E-state index contributed by atoms with van der Waals surface area (Å²) in [6.07, 6.45) is -2.11. The summed E-state index contributed by atoms with van der Waals surface area (Å²) in [7, 11) is 0. The summed E-state index contributed by atoms with van der Waals surface area (Å²) in [5.41, 5.74) is 0.478. The van der Waals surface area contributed by atoms with Crippen molar-refractivity contribution in [3.63, 3.8) is 0 Å². The van der Waals surface area contributed by atoms with E-state index in [9.17, 15) is 20.1 Å². The van der Waals surface area contributed by atoms with Crippen molar-refractivity contribution in [3.8, 4) is 5.75 Å². The van der Waals surface area contributed by atoms with Crippen LogP contribution in [-0.4, -0.2) is 32.3 Å². The van der Waals surface area contributed by atoms with E-state index in [1.165, 1.54) is 25.1 Å². The minimum absolute atomic E-state index is 0.0635. The molecule has 3 N–H and O–H groups in total. The summed E-state index contributed by atoms with van der Waals surface area (Å²) in [5.74, 6) is 0.197. The Kier molecular flexibility index (Phi) is 5.45. The zero-order chi connectivity index (χ0) is 13.0. The smallest absolute Gasteiger partial charge is 0.185 e. The maximum Gasteiger partial charge on any atom is 0.185 e. The van der Waals surface area contributed by atoms with E-state index in [0.717, 1.165) is 11.8 Å². The van der Waals surface area contributed by atoms with E-state index in [4.69, 9.17) is 0 Å². The van der Waals surface area contributed by atoms with E-state index in [-0.39, 0.29) is 16.6 Å². The molecule has 0 aliphatic rings. The van der Waals surface area contributed by atoms with Gasteiger partial charge in [-0.15, -0.1) is 0 Å². The summed E-state index contributed by atoms with van der Waals surface area (Å²) in [4.78, 5) is 10.7. The van der Waals surface area contributed by atoms with E-state index in [2.05, 4.69) is 15.9 Å². The van der Waals surface area contributed by atoms with Crippen LogP contribution in [0.25, 0.3) is 0 Å². The number of carbonyl (C=O) groups excluding carboxylic acids is 1. The number of hydrogen-bond donors (Lipinski definition) is 3. The van der Waals surface area contributed by atoms with Crippen LogP contribution in [0.3, 0.4) is 0 Å². The molecule has 2 atom stereocenters. The van der Waals surface area contributed by atoms with Gasteiger partial charge in [0.15, 0.2) is 5.12 Å². The monoisotopic (exact) mass is 320 g/mol. The topological polar surface area (TPSA) is 77.8 Å². The molecular weight excluding hydrogens is 308 g/mol. The number of rotatable bonds is 4. The van der Waals surface area contributed by atoms with Gasteiger partial charge in [-0.25, -0.2) is 0 Å². The molecule has 1 aromatic rings. The summed E-state index contributed by atoms with van der Waals surface area (Å²) in [5, 5.41) is 28.7. The fourth-order valence-electron chi connectivity index (χ4n) is 1.22. The second-order valence-corrected chi connectivity index (χ2v) is 5.58. The molecule has 0 aromatic heterocycles. The standard InChI is InChI=1S/C11H13BrO4S/c1-6(13)17-5-10(15)11(16)7-2-3-9(14)8(12)4-7/h2-4,10-11,14-16H,5H2,1H3. The van der Waals surface area contributed by atoms with E-state index in [1.54, 1.807) is 0 Å². The number of hydrogen-bond acceptors (Lipinski definition) is 5. The summed E-state index contributed by atoms with van der Waals surface area (Å²) < 4.78 is 0.445. The van der Waals surface area contributed by atoms with Gasteiger partial charge in [0, 0.05) is 12.7 Å². The van der Waals surface area contributed by atoms with Crippen LogP contribution in [0.1, 0.15) is 18.6 Å². The molecule has 0 aliphatic heterocycles. The third-order valence-corrected chi connectivity index (χ3v) is 3.68. The van der Waals surface area contributed by atoms with Crippen molar-refractivity contribution < 1.29 is 20.1 Å². The molecule has 17 heavy (non-hydrogen) atoms. The largest absolute Gasteiger partial charge is 0.507 e. The van der Waals surface area contributed by atoms with Crippen LogP contribution in [0.15, 0.2) is 22.7 Å². The molecule has 0 saturated carbocycles. The Morgan fingerprint density at radius 3 is 2.65 bits per heavy atom. The number of halogens is 1. The minimum atomic E-state index is -1.08. The number of thioether (sulfide) groups is 1. The van der Waals surface area contributed by atoms with Gasteiger partial charge in [0.1, 0.15) is 11.9 Å². The molecule has 4 nitrogen and oxygen atoms in total. The second kappa shape index (κ2) is 6.39. The Morgan fingerprint density at radius 1 is 1.47 bits per heavy atom. The van der Waals surface area contributed by atoms with E-state index in [1.807, 2.05) is 0 Å². The second-order valence-electron chi connectivity index (χ2n) is 3.53. The van der Waals surface area contributed by atoms with Crippen LogP contribution in [-0.2, 0) is 4.79 Å². The van der Waals surface area contributed by atoms with Gasteiger partial charge in [0.2, 0.25) is 0 Å². The average Bonchev–Trinajstić information content (AvgIpc) is 2.28. The average molecular weight is 321 g/mol. The lowest BCUT2D eigenvalue weighted by Crippen LogP contribution is -2.21. The molecule has 0 amide bonds.